The number of rotatable bonds is 27. The smallest absolute Gasteiger partial charge is 0.402 e. The second-order valence-electron chi connectivity index (χ2n) is 10.9. The lowest BCUT2D eigenvalue weighted by atomic mass is 10.1. The molecule has 0 fully saturated rings. The van der Waals surface area contributed by atoms with Crippen LogP contribution in [0.1, 0.15) is 176 Å². The summed E-state index contributed by atoms with van der Waals surface area (Å²) in [4.78, 5) is 0. The summed E-state index contributed by atoms with van der Waals surface area (Å²) in [7, 11) is -0.555. The minimum Gasteiger partial charge on any atom is -0.402 e. The maximum absolute atomic E-state index is 7.17. The van der Waals surface area contributed by atoms with Crippen LogP contribution in [0, 0.1) is 0 Å². The highest BCUT2D eigenvalue weighted by Gasteiger charge is 2.08. The minimum atomic E-state index is -2.17. The van der Waals surface area contributed by atoms with Crippen molar-refractivity contribution in [1.29, 1.82) is 0 Å². The van der Waals surface area contributed by atoms with Gasteiger partial charge in [-0.25, -0.2) is 0 Å². The zero-order valence-electron chi connectivity index (χ0n) is 27.0. The third-order valence-corrected chi connectivity index (χ3v) is 11.2. The fourth-order valence-corrected chi connectivity index (χ4v) is 8.55. The molecule has 0 aliphatic heterocycles. The van der Waals surface area contributed by atoms with Gasteiger partial charge in [-0.15, -0.1) is 16.5 Å². The van der Waals surface area contributed by atoms with E-state index >= 15 is 0 Å². The van der Waals surface area contributed by atoms with Gasteiger partial charge in [-0.2, -0.15) is 0 Å². The van der Waals surface area contributed by atoms with Crippen molar-refractivity contribution in [2.24, 2.45) is 0 Å². The highest BCUT2D eigenvalue weighted by atomic mass is 31.1. The standard InChI is InChI=1S/C24H51P.C8H19P.BH3O3/c1-4-7-10-13-16-19-22-25(23-20-17-14-11-8-5-2)24-21-18-15-12-9-6-3;1-3-5-7-9-8-6-4-2;2-1(3)4/h4-24H2,1-3H3;9H,3-8H2,1-2H3;2-4H. The Morgan fingerprint density at radius 3 is 0.895 bits per heavy atom. The van der Waals surface area contributed by atoms with Crippen molar-refractivity contribution in [3.8, 4) is 0 Å². The molecule has 0 radical (unpaired) electrons. The largest absolute Gasteiger partial charge is 0.631 e. The van der Waals surface area contributed by atoms with E-state index in [9.17, 15) is 0 Å². The summed E-state index contributed by atoms with van der Waals surface area (Å²) >= 11 is 0. The van der Waals surface area contributed by atoms with Gasteiger partial charge >= 0.3 is 7.32 Å². The molecular weight excluding hydrogens is 505 g/mol. The molecule has 0 spiro atoms. The molecule has 0 aromatic heterocycles. The molecule has 0 saturated carbocycles. The molecule has 0 unspecified atom stereocenters. The fourth-order valence-electron chi connectivity index (χ4n) is 4.41. The fraction of sp³-hybridized carbons (Fsp3) is 1.00. The Bertz CT molecular complexity index is 330. The Morgan fingerprint density at radius 1 is 0.395 bits per heavy atom. The van der Waals surface area contributed by atoms with Crippen LogP contribution >= 0.6 is 16.5 Å². The quantitative estimate of drug-likeness (QED) is 0.0516. The molecule has 232 valence electrons. The number of hydrogen-bond acceptors (Lipinski definition) is 3. The molecule has 0 amide bonds. The van der Waals surface area contributed by atoms with Crippen LogP contribution in [0.3, 0.4) is 0 Å². The van der Waals surface area contributed by atoms with Crippen molar-refractivity contribution in [1.82, 2.24) is 0 Å². The van der Waals surface area contributed by atoms with E-state index in [0.29, 0.717) is 7.92 Å². The van der Waals surface area contributed by atoms with E-state index in [1.807, 2.05) is 0 Å². The number of unbranched alkanes of at least 4 members (excludes halogenated alkanes) is 17. The lowest BCUT2D eigenvalue weighted by molar-refractivity contribution is 0.278. The molecule has 38 heavy (non-hydrogen) atoms. The first-order chi connectivity index (χ1) is 18.5. The molecule has 0 atom stereocenters. The Morgan fingerprint density at radius 2 is 0.632 bits per heavy atom. The molecule has 0 aromatic carbocycles. The van der Waals surface area contributed by atoms with Gasteiger partial charge in [0.1, 0.15) is 0 Å². The summed E-state index contributed by atoms with van der Waals surface area (Å²) in [6.45, 7) is 11.5. The van der Waals surface area contributed by atoms with Gasteiger partial charge in [0.05, 0.1) is 0 Å². The molecule has 3 N–H and O–H groups in total. The average molecular weight is 579 g/mol. The van der Waals surface area contributed by atoms with Crippen LogP contribution in [0.5, 0.6) is 0 Å². The summed E-state index contributed by atoms with van der Waals surface area (Å²) in [5, 5.41) is 21.5. The average Bonchev–Trinajstić information content (AvgIpc) is 2.89. The van der Waals surface area contributed by atoms with E-state index in [4.69, 9.17) is 15.1 Å². The Hall–Kier alpha value is 0.805. The van der Waals surface area contributed by atoms with Crippen molar-refractivity contribution < 1.29 is 15.1 Å². The number of hydrogen-bond donors (Lipinski definition) is 3. The van der Waals surface area contributed by atoms with E-state index in [1.165, 1.54) is 162 Å². The molecule has 0 aliphatic carbocycles. The van der Waals surface area contributed by atoms with Crippen LogP contribution in [0.15, 0.2) is 0 Å². The molecular formula is C32H73BO3P2. The minimum absolute atomic E-state index is 0.366. The molecule has 0 aromatic rings. The predicted molar refractivity (Wildman–Crippen MR) is 182 cm³/mol. The van der Waals surface area contributed by atoms with Crippen molar-refractivity contribution in [3.05, 3.63) is 0 Å². The van der Waals surface area contributed by atoms with Crippen molar-refractivity contribution in [2.45, 2.75) is 176 Å². The van der Waals surface area contributed by atoms with Crippen molar-refractivity contribution in [2.75, 3.05) is 30.8 Å². The zero-order valence-corrected chi connectivity index (χ0v) is 28.9. The SMILES string of the molecule is CCCCCCCCP(CCCCCCCC)CCCCCCCC.CCCCPCCCC.OB(O)O. The Balaban J connectivity index is -0.000000774. The third-order valence-electron chi connectivity index (χ3n) is 6.90. The van der Waals surface area contributed by atoms with E-state index in [0.717, 1.165) is 0 Å². The van der Waals surface area contributed by atoms with Gasteiger partial charge < -0.3 is 15.1 Å². The van der Waals surface area contributed by atoms with Gasteiger partial charge in [0, 0.05) is 0 Å². The van der Waals surface area contributed by atoms with Crippen LogP contribution < -0.4 is 0 Å². The summed E-state index contributed by atoms with van der Waals surface area (Å²) in [6.07, 6.45) is 39.9. The molecule has 0 aliphatic rings. The van der Waals surface area contributed by atoms with E-state index in [2.05, 4.69) is 34.6 Å². The maximum Gasteiger partial charge on any atom is 0.631 e. The van der Waals surface area contributed by atoms with Gasteiger partial charge in [-0.05, 0) is 62.9 Å². The van der Waals surface area contributed by atoms with Crippen LogP contribution in [0.2, 0.25) is 0 Å². The molecule has 0 bridgehead atoms. The van der Waals surface area contributed by atoms with Crippen LogP contribution in [-0.2, 0) is 0 Å². The van der Waals surface area contributed by atoms with Crippen LogP contribution in [-0.4, -0.2) is 53.2 Å². The summed E-state index contributed by atoms with van der Waals surface area (Å²) in [5.74, 6) is 0. The Labute approximate surface area is 245 Å². The summed E-state index contributed by atoms with van der Waals surface area (Å²) in [6, 6.07) is 0. The van der Waals surface area contributed by atoms with Gasteiger partial charge in [0.25, 0.3) is 0 Å². The van der Waals surface area contributed by atoms with Crippen molar-refractivity contribution >= 4 is 23.8 Å². The molecule has 0 heterocycles. The third kappa shape index (κ3) is 49.7. The monoisotopic (exact) mass is 579 g/mol. The molecule has 0 saturated heterocycles. The second kappa shape index (κ2) is 42.3. The summed E-state index contributed by atoms with van der Waals surface area (Å²) in [5.41, 5.74) is 0. The van der Waals surface area contributed by atoms with Crippen molar-refractivity contribution in [3.63, 3.8) is 0 Å². The molecule has 6 heteroatoms. The predicted octanol–water partition coefficient (Wildman–Crippen LogP) is 10.8. The highest BCUT2D eigenvalue weighted by molar-refractivity contribution is 7.57. The first kappa shape index (κ1) is 43.3. The first-order valence-electron chi connectivity index (χ1n) is 17.0. The maximum atomic E-state index is 7.17. The zero-order chi connectivity index (χ0) is 29.0. The lowest BCUT2D eigenvalue weighted by Gasteiger charge is -2.18. The normalized spacial score (nSPS) is 10.7. The van der Waals surface area contributed by atoms with Gasteiger partial charge in [-0.1, -0.05) is 144 Å². The Kier molecular flexibility index (Phi) is 48.1. The molecule has 3 nitrogen and oxygen atoms in total. The van der Waals surface area contributed by atoms with Gasteiger partial charge in [-0.3, -0.25) is 0 Å². The van der Waals surface area contributed by atoms with E-state index in [-0.39, 0.29) is 0 Å². The second-order valence-corrected chi connectivity index (χ2v) is 15.1. The molecule has 0 rings (SSSR count). The van der Waals surface area contributed by atoms with Crippen LogP contribution in [0.4, 0.5) is 0 Å². The lowest BCUT2D eigenvalue weighted by Crippen LogP contribution is -2.07. The van der Waals surface area contributed by atoms with Crippen LogP contribution in [0.25, 0.3) is 0 Å². The van der Waals surface area contributed by atoms with Gasteiger partial charge in [0.15, 0.2) is 0 Å². The highest BCUT2D eigenvalue weighted by Crippen LogP contribution is 2.39. The van der Waals surface area contributed by atoms with E-state index < -0.39 is 7.32 Å². The van der Waals surface area contributed by atoms with E-state index in [1.54, 1.807) is 18.5 Å². The topological polar surface area (TPSA) is 60.7 Å². The first-order valence-corrected chi connectivity index (χ1v) is 20.3. The summed E-state index contributed by atoms with van der Waals surface area (Å²) < 4.78 is 0. The van der Waals surface area contributed by atoms with Gasteiger partial charge in [0.2, 0.25) is 0 Å².